The summed E-state index contributed by atoms with van der Waals surface area (Å²) in [6.45, 7) is 5.72. The van der Waals surface area contributed by atoms with Gasteiger partial charge in [0.15, 0.2) is 0 Å². The van der Waals surface area contributed by atoms with Gasteiger partial charge in [0, 0.05) is 12.6 Å². The van der Waals surface area contributed by atoms with Gasteiger partial charge in [-0.15, -0.1) is 0 Å². The number of nitrogens with one attached hydrogen (secondary N) is 1. The van der Waals surface area contributed by atoms with Gasteiger partial charge in [0.25, 0.3) is 0 Å². The smallest absolute Gasteiger partial charge is 0.328 e. The lowest BCUT2D eigenvalue weighted by atomic mass is 10.1. The minimum atomic E-state index is -1.22. The van der Waals surface area contributed by atoms with Crippen molar-refractivity contribution in [2.75, 3.05) is 6.54 Å². The molecule has 5 nitrogen and oxygen atoms in total. The zero-order chi connectivity index (χ0) is 13.1. The quantitative estimate of drug-likeness (QED) is 0.776. The largest absolute Gasteiger partial charge is 0.480 e. The first-order valence-electron chi connectivity index (χ1n) is 6.17. The van der Waals surface area contributed by atoms with Crippen LogP contribution in [0.25, 0.3) is 0 Å². The summed E-state index contributed by atoms with van der Waals surface area (Å²) in [7, 11) is 0. The number of carbonyl (C=O) groups is 2. The first kappa shape index (κ1) is 13.8. The molecule has 1 aliphatic heterocycles. The van der Waals surface area contributed by atoms with E-state index in [9.17, 15) is 9.59 Å². The molecule has 5 heteroatoms. The van der Waals surface area contributed by atoms with Crippen molar-refractivity contribution in [3.8, 4) is 0 Å². The van der Waals surface area contributed by atoms with Gasteiger partial charge in [-0.1, -0.05) is 12.8 Å². The molecule has 0 aromatic carbocycles. The van der Waals surface area contributed by atoms with Crippen molar-refractivity contribution in [2.24, 2.45) is 0 Å². The van der Waals surface area contributed by atoms with Gasteiger partial charge in [-0.05, 0) is 33.6 Å². The van der Waals surface area contributed by atoms with Crippen LogP contribution in [0.5, 0.6) is 0 Å². The number of rotatable bonds is 2. The molecule has 1 saturated heterocycles. The number of hydrogen-bond acceptors (Lipinski definition) is 2. The fourth-order valence-electron chi connectivity index (χ4n) is 1.97. The Morgan fingerprint density at radius 3 is 2.53 bits per heavy atom. The van der Waals surface area contributed by atoms with Crippen LogP contribution in [0.1, 0.15) is 46.5 Å². The average Bonchev–Trinajstić information content (AvgIpc) is 2.41. The molecule has 1 rings (SSSR count). The molecule has 1 fully saturated rings. The Labute approximate surface area is 102 Å². The molecule has 0 radical (unpaired) electrons. The molecule has 98 valence electrons. The number of nitrogens with zero attached hydrogens (tertiary/aromatic N) is 1. The van der Waals surface area contributed by atoms with Gasteiger partial charge < -0.3 is 15.3 Å². The summed E-state index contributed by atoms with van der Waals surface area (Å²) in [5.41, 5.74) is -1.22. The minimum Gasteiger partial charge on any atom is -0.480 e. The lowest BCUT2D eigenvalue weighted by Crippen LogP contribution is -2.55. The molecule has 0 aromatic rings. The molecule has 17 heavy (non-hydrogen) atoms. The second kappa shape index (κ2) is 5.38. The van der Waals surface area contributed by atoms with Crippen LogP contribution in [0.15, 0.2) is 0 Å². The first-order valence-corrected chi connectivity index (χ1v) is 6.17. The third kappa shape index (κ3) is 3.61. The Bertz CT molecular complexity index is 302. The van der Waals surface area contributed by atoms with Crippen LogP contribution >= 0.6 is 0 Å². The molecule has 1 unspecified atom stereocenters. The fraction of sp³-hybridized carbons (Fsp3) is 0.833. The van der Waals surface area contributed by atoms with Crippen molar-refractivity contribution in [2.45, 2.75) is 58.0 Å². The van der Waals surface area contributed by atoms with E-state index in [2.05, 4.69) is 5.32 Å². The molecule has 0 bridgehead atoms. The maximum Gasteiger partial charge on any atom is 0.328 e. The second-order valence-corrected chi connectivity index (χ2v) is 5.25. The fourth-order valence-corrected chi connectivity index (χ4v) is 1.97. The first-order chi connectivity index (χ1) is 7.84. The zero-order valence-corrected chi connectivity index (χ0v) is 10.8. The predicted octanol–water partition coefficient (Wildman–Crippen LogP) is 1.82. The highest BCUT2D eigenvalue weighted by Gasteiger charge is 2.32. The highest BCUT2D eigenvalue weighted by molar-refractivity contribution is 5.85. The molecule has 1 atom stereocenters. The van der Waals surface area contributed by atoms with E-state index in [1.165, 1.54) is 13.8 Å². The van der Waals surface area contributed by atoms with E-state index in [-0.39, 0.29) is 12.1 Å². The van der Waals surface area contributed by atoms with Crippen molar-refractivity contribution < 1.29 is 14.7 Å². The number of aliphatic carboxylic acids is 1. The summed E-state index contributed by atoms with van der Waals surface area (Å²) in [5, 5.41) is 11.5. The summed E-state index contributed by atoms with van der Waals surface area (Å²) in [6, 6.07) is -0.0890. The number of carboxylic acids is 1. The maximum atomic E-state index is 12.0. The summed E-state index contributed by atoms with van der Waals surface area (Å²) in [6.07, 6.45) is 4.25. The lowest BCUT2D eigenvalue weighted by Gasteiger charge is -2.31. The van der Waals surface area contributed by atoms with Crippen molar-refractivity contribution >= 4 is 12.0 Å². The third-order valence-corrected chi connectivity index (χ3v) is 3.27. The van der Waals surface area contributed by atoms with Crippen molar-refractivity contribution in [3.05, 3.63) is 0 Å². The van der Waals surface area contributed by atoms with E-state index in [0.29, 0.717) is 6.54 Å². The Hall–Kier alpha value is -1.26. The molecule has 1 aliphatic rings. The van der Waals surface area contributed by atoms with Crippen LogP contribution in [0.2, 0.25) is 0 Å². The van der Waals surface area contributed by atoms with Gasteiger partial charge in [-0.25, -0.2) is 9.59 Å². The molecular weight excluding hydrogens is 220 g/mol. The lowest BCUT2D eigenvalue weighted by molar-refractivity contribution is -0.143. The molecule has 0 aromatic heterocycles. The van der Waals surface area contributed by atoms with Gasteiger partial charge in [0.05, 0.1) is 0 Å². The second-order valence-electron chi connectivity index (χ2n) is 5.25. The Kier molecular flexibility index (Phi) is 4.37. The van der Waals surface area contributed by atoms with Crippen LogP contribution in [-0.4, -0.2) is 40.1 Å². The van der Waals surface area contributed by atoms with Crippen LogP contribution in [-0.2, 0) is 4.79 Å². The molecule has 0 aliphatic carbocycles. The number of carboxylic acid groups (broad SMARTS) is 1. The highest BCUT2D eigenvalue weighted by atomic mass is 16.4. The minimum absolute atomic E-state index is 0.182. The van der Waals surface area contributed by atoms with E-state index >= 15 is 0 Å². The molecule has 0 saturated carbocycles. The standard InChI is InChI=1S/C12H22N2O3/c1-9-7-5-4-6-8-14(9)11(17)13-12(2,3)10(15)16/h9H,4-8H2,1-3H3,(H,13,17)(H,15,16). The van der Waals surface area contributed by atoms with Crippen LogP contribution in [0.4, 0.5) is 4.79 Å². The van der Waals surface area contributed by atoms with Crippen LogP contribution in [0, 0.1) is 0 Å². The Morgan fingerprint density at radius 2 is 1.94 bits per heavy atom. The van der Waals surface area contributed by atoms with E-state index < -0.39 is 11.5 Å². The van der Waals surface area contributed by atoms with Crippen molar-refractivity contribution in [3.63, 3.8) is 0 Å². The summed E-state index contributed by atoms with van der Waals surface area (Å²) >= 11 is 0. The monoisotopic (exact) mass is 242 g/mol. The number of urea groups is 1. The van der Waals surface area contributed by atoms with Gasteiger partial charge in [-0.2, -0.15) is 0 Å². The summed E-state index contributed by atoms with van der Waals surface area (Å²) in [5.74, 6) is -1.02. The topological polar surface area (TPSA) is 69.6 Å². The van der Waals surface area contributed by atoms with E-state index in [4.69, 9.17) is 5.11 Å². The van der Waals surface area contributed by atoms with Gasteiger partial charge in [0.2, 0.25) is 0 Å². The van der Waals surface area contributed by atoms with E-state index in [1.807, 2.05) is 6.92 Å². The molecule has 2 N–H and O–H groups in total. The molecular formula is C12H22N2O3. The number of amides is 2. The third-order valence-electron chi connectivity index (χ3n) is 3.27. The molecule has 1 heterocycles. The SMILES string of the molecule is CC1CCCCCN1C(=O)NC(C)(C)C(=O)O. The number of hydrogen-bond donors (Lipinski definition) is 2. The van der Waals surface area contributed by atoms with E-state index in [0.717, 1.165) is 25.7 Å². The van der Waals surface area contributed by atoms with E-state index in [1.54, 1.807) is 4.90 Å². The predicted molar refractivity (Wildman–Crippen MR) is 64.9 cm³/mol. The van der Waals surface area contributed by atoms with Crippen LogP contribution < -0.4 is 5.32 Å². The molecule has 0 spiro atoms. The van der Waals surface area contributed by atoms with Gasteiger partial charge >= 0.3 is 12.0 Å². The Balaban J connectivity index is 2.65. The zero-order valence-electron chi connectivity index (χ0n) is 10.8. The van der Waals surface area contributed by atoms with Crippen molar-refractivity contribution in [1.82, 2.24) is 10.2 Å². The van der Waals surface area contributed by atoms with Gasteiger partial charge in [-0.3, -0.25) is 0 Å². The average molecular weight is 242 g/mol. The van der Waals surface area contributed by atoms with Crippen LogP contribution in [0.3, 0.4) is 0 Å². The number of carbonyl (C=O) groups excluding carboxylic acids is 1. The maximum absolute atomic E-state index is 12.0. The number of likely N-dealkylation sites (tertiary alicyclic amines) is 1. The van der Waals surface area contributed by atoms with Crippen molar-refractivity contribution in [1.29, 1.82) is 0 Å². The van der Waals surface area contributed by atoms with Gasteiger partial charge in [0.1, 0.15) is 5.54 Å². The Morgan fingerprint density at radius 1 is 1.29 bits per heavy atom. The summed E-state index contributed by atoms with van der Waals surface area (Å²) in [4.78, 5) is 24.7. The normalized spacial score (nSPS) is 21.8. The summed E-state index contributed by atoms with van der Waals surface area (Å²) < 4.78 is 0. The highest BCUT2D eigenvalue weighted by Crippen LogP contribution is 2.17. The molecule has 2 amide bonds.